The molecule has 0 bridgehead atoms. The maximum absolute atomic E-state index is 12.9. The number of carbonyl (C=O) groups is 1. The molecule has 1 aromatic carbocycles. The van der Waals surface area contributed by atoms with Crippen molar-refractivity contribution in [2.45, 2.75) is 57.3 Å². The summed E-state index contributed by atoms with van der Waals surface area (Å²) in [7, 11) is -3.50. The van der Waals surface area contributed by atoms with Crippen LogP contribution in [0.4, 0.5) is 0 Å². The van der Waals surface area contributed by atoms with Gasteiger partial charge in [0.25, 0.3) is 0 Å². The van der Waals surface area contributed by atoms with Crippen molar-refractivity contribution in [2.24, 2.45) is 5.92 Å². The van der Waals surface area contributed by atoms with E-state index in [1.807, 2.05) is 30.9 Å². The van der Waals surface area contributed by atoms with E-state index in [9.17, 15) is 13.2 Å². The summed E-state index contributed by atoms with van der Waals surface area (Å²) in [5.41, 5.74) is 2.21. The van der Waals surface area contributed by atoms with Crippen LogP contribution >= 0.6 is 0 Å². The van der Waals surface area contributed by atoms with E-state index < -0.39 is 10.0 Å². The van der Waals surface area contributed by atoms with Crippen LogP contribution in [0.3, 0.4) is 0 Å². The van der Waals surface area contributed by atoms with Crippen LogP contribution in [-0.4, -0.2) is 56.8 Å². The molecule has 1 atom stereocenters. The Morgan fingerprint density at radius 1 is 1.20 bits per heavy atom. The minimum absolute atomic E-state index is 0.159. The van der Waals surface area contributed by atoms with Crippen molar-refractivity contribution in [3.63, 3.8) is 0 Å². The lowest BCUT2D eigenvalue weighted by Gasteiger charge is -2.34. The number of aryl methyl sites for hydroxylation is 1. The summed E-state index contributed by atoms with van der Waals surface area (Å²) < 4.78 is 27.9. The predicted molar refractivity (Wildman–Crippen MR) is 119 cm³/mol. The van der Waals surface area contributed by atoms with Gasteiger partial charge >= 0.3 is 0 Å². The predicted octanol–water partition coefficient (Wildman–Crippen LogP) is 3.29. The van der Waals surface area contributed by atoms with E-state index in [0.29, 0.717) is 24.5 Å². The van der Waals surface area contributed by atoms with E-state index in [1.54, 1.807) is 12.1 Å². The van der Waals surface area contributed by atoms with Gasteiger partial charge in [-0.1, -0.05) is 23.8 Å². The van der Waals surface area contributed by atoms with Gasteiger partial charge < -0.3 is 4.90 Å². The maximum atomic E-state index is 12.9. The number of rotatable bonds is 8. The van der Waals surface area contributed by atoms with Crippen molar-refractivity contribution in [2.75, 3.05) is 32.7 Å². The molecule has 1 fully saturated rings. The smallest absolute Gasteiger partial charge is 0.240 e. The first-order valence-electron chi connectivity index (χ1n) is 11.2. The van der Waals surface area contributed by atoms with Crippen molar-refractivity contribution < 1.29 is 13.2 Å². The summed E-state index contributed by atoms with van der Waals surface area (Å²) in [5, 5.41) is 0. The second-order valence-corrected chi connectivity index (χ2v) is 10.3. The normalized spacial score (nSPS) is 20.6. The number of likely N-dealkylation sites (N-methyl/N-ethyl adjacent to an activating group) is 1. The average molecular weight is 434 g/mol. The van der Waals surface area contributed by atoms with Crippen LogP contribution < -0.4 is 4.72 Å². The highest BCUT2D eigenvalue weighted by atomic mass is 32.2. The van der Waals surface area contributed by atoms with Crippen molar-refractivity contribution in [3.8, 4) is 0 Å². The molecule has 2 aliphatic rings. The lowest BCUT2D eigenvalue weighted by atomic mass is 9.98. The molecule has 0 radical (unpaired) electrons. The molecule has 1 heterocycles. The Morgan fingerprint density at radius 2 is 1.97 bits per heavy atom. The molecule has 1 N–H and O–H groups in total. The van der Waals surface area contributed by atoms with Crippen LogP contribution in [-0.2, 0) is 14.8 Å². The largest absolute Gasteiger partial charge is 0.316 e. The Labute approximate surface area is 181 Å². The summed E-state index contributed by atoms with van der Waals surface area (Å²) in [6, 6.07) is 6.90. The molecular weight excluding hydrogens is 398 g/mol. The lowest BCUT2D eigenvalue weighted by molar-refractivity contribution is -0.131. The number of likely N-dealkylation sites (tertiary alicyclic amines) is 1. The Balaban J connectivity index is 1.53. The highest BCUT2D eigenvalue weighted by Gasteiger charge is 2.26. The second-order valence-electron chi connectivity index (χ2n) is 8.49. The molecule has 6 nitrogen and oxygen atoms in total. The van der Waals surface area contributed by atoms with Crippen LogP contribution in [0, 0.1) is 12.8 Å². The number of piperidine rings is 1. The molecule has 1 aromatic rings. The monoisotopic (exact) mass is 433 g/mol. The van der Waals surface area contributed by atoms with Crippen LogP contribution in [0.1, 0.15) is 51.0 Å². The molecule has 1 aliphatic carbocycles. The highest BCUT2D eigenvalue weighted by molar-refractivity contribution is 7.89. The standard InChI is InChI=1S/C23H35N3O3S/c1-3-26(21-9-5-4-6-10-21)23(27)18-25-15-7-8-20(17-25)16-24-30(28,29)22-13-11-19(2)12-14-22/h9,11-14,20,24H,3-8,10,15-18H2,1-2H3. The topological polar surface area (TPSA) is 69.7 Å². The second kappa shape index (κ2) is 10.6. The van der Waals surface area contributed by atoms with E-state index in [4.69, 9.17) is 0 Å². The zero-order chi connectivity index (χ0) is 21.6. The Kier molecular flexibility index (Phi) is 8.08. The SMILES string of the molecule is CCN(C(=O)CN1CCCC(CNS(=O)(=O)c2ccc(C)cc2)C1)C1=CCCCC1. The number of allylic oxidation sites excluding steroid dienone is 2. The molecule has 3 rings (SSSR count). The first-order valence-corrected chi connectivity index (χ1v) is 12.7. The third kappa shape index (κ3) is 6.15. The fraction of sp³-hybridized carbons (Fsp3) is 0.609. The quantitative estimate of drug-likeness (QED) is 0.683. The van der Waals surface area contributed by atoms with Crippen LogP contribution in [0.15, 0.2) is 40.9 Å². The van der Waals surface area contributed by atoms with E-state index >= 15 is 0 Å². The van der Waals surface area contributed by atoms with Gasteiger partial charge in [-0.3, -0.25) is 9.69 Å². The fourth-order valence-corrected chi connectivity index (χ4v) is 5.49. The zero-order valence-electron chi connectivity index (χ0n) is 18.3. The molecule has 1 unspecified atom stereocenters. The van der Waals surface area contributed by atoms with Crippen LogP contribution in [0.5, 0.6) is 0 Å². The summed E-state index contributed by atoms with van der Waals surface area (Å²) in [5.74, 6) is 0.377. The van der Waals surface area contributed by atoms with Gasteiger partial charge in [-0.15, -0.1) is 0 Å². The van der Waals surface area contributed by atoms with Gasteiger partial charge in [-0.25, -0.2) is 13.1 Å². The molecule has 1 saturated heterocycles. The van der Waals surface area contributed by atoms with Crippen molar-refractivity contribution in [1.82, 2.24) is 14.5 Å². The number of nitrogens with one attached hydrogen (secondary N) is 1. The number of amides is 1. The van der Waals surface area contributed by atoms with Gasteiger partial charge in [0, 0.05) is 25.3 Å². The van der Waals surface area contributed by atoms with Crippen molar-refractivity contribution >= 4 is 15.9 Å². The van der Waals surface area contributed by atoms with Gasteiger partial charge in [-0.2, -0.15) is 0 Å². The average Bonchev–Trinajstić information content (AvgIpc) is 2.74. The number of hydrogen-bond acceptors (Lipinski definition) is 4. The third-order valence-electron chi connectivity index (χ3n) is 6.09. The molecule has 1 aliphatic heterocycles. The summed E-state index contributed by atoms with van der Waals surface area (Å²) in [6.07, 6.45) is 8.59. The van der Waals surface area contributed by atoms with E-state index in [-0.39, 0.29) is 11.8 Å². The third-order valence-corrected chi connectivity index (χ3v) is 7.53. The maximum Gasteiger partial charge on any atom is 0.240 e. The summed E-state index contributed by atoms with van der Waals surface area (Å²) in [4.78, 5) is 17.3. The molecule has 0 spiro atoms. The van der Waals surface area contributed by atoms with Gasteiger partial charge in [0.15, 0.2) is 0 Å². The first kappa shape index (κ1) is 23.0. The molecule has 0 saturated carbocycles. The summed E-state index contributed by atoms with van der Waals surface area (Å²) >= 11 is 0. The van der Waals surface area contributed by atoms with E-state index in [2.05, 4.69) is 15.7 Å². The van der Waals surface area contributed by atoms with Gasteiger partial charge in [0.05, 0.1) is 11.4 Å². The molecule has 7 heteroatoms. The summed E-state index contributed by atoms with van der Waals surface area (Å²) in [6.45, 7) is 7.13. The number of carbonyl (C=O) groups excluding carboxylic acids is 1. The Hall–Kier alpha value is -1.70. The fourth-order valence-electron chi connectivity index (χ4n) is 4.37. The molecule has 1 amide bonds. The molecule has 30 heavy (non-hydrogen) atoms. The zero-order valence-corrected chi connectivity index (χ0v) is 19.1. The highest BCUT2D eigenvalue weighted by Crippen LogP contribution is 2.22. The Morgan fingerprint density at radius 3 is 2.63 bits per heavy atom. The van der Waals surface area contributed by atoms with Gasteiger partial charge in [-0.05, 0) is 77.0 Å². The molecular formula is C23H35N3O3S. The number of hydrogen-bond donors (Lipinski definition) is 1. The lowest BCUT2D eigenvalue weighted by Crippen LogP contribution is -2.46. The van der Waals surface area contributed by atoms with Gasteiger partial charge in [0.2, 0.25) is 15.9 Å². The van der Waals surface area contributed by atoms with Crippen LogP contribution in [0.2, 0.25) is 0 Å². The number of nitrogens with zero attached hydrogens (tertiary/aromatic N) is 2. The molecule has 166 valence electrons. The molecule has 0 aromatic heterocycles. The van der Waals surface area contributed by atoms with Crippen LogP contribution in [0.25, 0.3) is 0 Å². The van der Waals surface area contributed by atoms with E-state index in [0.717, 1.165) is 50.8 Å². The van der Waals surface area contributed by atoms with Crippen molar-refractivity contribution in [1.29, 1.82) is 0 Å². The minimum atomic E-state index is -3.50. The number of benzene rings is 1. The first-order chi connectivity index (χ1) is 14.4. The van der Waals surface area contributed by atoms with Gasteiger partial charge in [0.1, 0.15) is 0 Å². The minimum Gasteiger partial charge on any atom is -0.316 e. The number of sulfonamides is 1. The van der Waals surface area contributed by atoms with Crippen molar-refractivity contribution in [3.05, 3.63) is 41.6 Å². The van der Waals surface area contributed by atoms with E-state index in [1.165, 1.54) is 12.1 Å². The Bertz CT molecular complexity index is 849.